The van der Waals surface area contributed by atoms with E-state index in [9.17, 15) is 9.59 Å². The van der Waals surface area contributed by atoms with Crippen LogP contribution in [0.25, 0.3) is 0 Å². The summed E-state index contributed by atoms with van der Waals surface area (Å²) in [5, 5.41) is 8.51. The van der Waals surface area contributed by atoms with Gasteiger partial charge < -0.3 is 9.88 Å². The van der Waals surface area contributed by atoms with E-state index in [1.165, 1.54) is 31.7 Å². The van der Waals surface area contributed by atoms with Crippen molar-refractivity contribution in [1.29, 1.82) is 0 Å². The lowest BCUT2D eigenvalue weighted by Crippen LogP contribution is -2.35. The first kappa shape index (κ1) is 19.3. The van der Waals surface area contributed by atoms with Crippen LogP contribution in [0.1, 0.15) is 41.9 Å². The molecule has 1 saturated carbocycles. The summed E-state index contributed by atoms with van der Waals surface area (Å²) in [7, 11) is 3.73. The number of rotatable bonds is 8. The topological polar surface area (TPSA) is 87.1 Å². The number of carbonyl (C=O) groups is 1. The number of amides is 1. The zero-order valence-corrected chi connectivity index (χ0v) is 16.1. The van der Waals surface area contributed by atoms with E-state index >= 15 is 0 Å². The highest BCUT2D eigenvalue weighted by Crippen LogP contribution is 2.25. The highest BCUT2D eigenvalue weighted by molar-refractivity contribution is 5.92. The second-order valence-electron chi connectivity index (χ2n) is 7.48. The number of pyridine rings is 1. The Morgan fingerprint density at radius 3 is 2.78 bits per heavy atom. The first-order valence-corrected chi connectivity index (χ1v) is 9.53. The van der Waals surface area contributed by atoms with Gasteiger partial charge in [0.25, 0.3) is 5.91 Å². The summed E-state index contributed by atoms with van der Waals surface area (Å²) < 4.78 is 1.96. The van der Waals surface area contributed by atoms with Crippen LogP contribution in [0.5, 0.6) is 0 Å². The van der Waals surface area contributed by atoms with E-state index in [1.807, 2.05) is 17.9 Å². The molecule has 0 radical (unpaired) electrons. The van der Waals surface area contributed by atoms with E-state index in [4.69, 9.17) is 0 Å². The molecule has 0 saturated heterocycles. The van der Waals surface area contributed by atoms with Gasteiger partial charge in [0.2, 0.25) is 5.56 Å². The maximum absolute atomic E-state index is 12.3. The molecule has 2 aromatic heterocycles. The minimum Gasteiger partial charge on any atom is -0.339 e. The average molecular weight is 372 g/mol. The minimum atomic E-state index is -0.271. The van der Waals surface area contributed by atoms with Crippen molar-refractivity contribution in [2.24, 2.45) is 5.92 Å². The number of aromatic nitrogens is 4. The fourth-order valence-electron chi connectivity index (χ4n) is 3.51. The molecule has 1 amide bonds. The van der Waals surface area contributed by atoms with Crippen molar-refractivity contribution in [3.05, 3.63) is 46.1 Å². The lowest BCUT2D eigenvalue weighted by molar-refractivity contribution is 0.0775. The van der Waals surface area contributed by atoms with Gasteiger partial charge >= 0.3 is 0 Å². The molecule has 0 unspecified atom stereocenters. The quantitative estimate of drug-likeness (QED) is 0.756. The smallest absolute Gasteiger partial charge is 0.270 e. The first-order valence-electron chi connectivity index (χ1n) is 9.53. The third-order valence-corrected chi connectivity index (χ3v) is 5.10. The monoisotopic (exact) mass is 372 g/mol. The second kappa shape index (κ2) is 8.94. The Hall–Kier alpha value is -2.48. The number of H-pyrrole nitrogens is 1. The predicted molar refractivity (Wildman–Crippen MR) is 102 cm³/mol. The van der Waals surface area contributed by atoms with E-state index in [1.54, 1.807) is 24.1 Å². The normalized spacial score (nSPS) is 14.8. The Balaban J connectivity index is 1.45. The Morgan fingerprint density at radius 2 is 2.04 bits per heavy atom. The summed E-state index contributed by atoms with van der Waals surface area (Å²) in [6, 6.07) is 4.60. The van der Waals surface area contributed by atoms with Gasteiger partial charge in [-0.05, 0) is 31.9 Å². The van der Waals surface area contributed by atoms with Gasteiger partial charge in [-0.3, -0.25) is 19.2 Å². The molecule has 0 aromatic carbocycles. The summed E-state index contributed by atoms with van der Waals surface area (Å²) in [4.78, 5) is 30.0. The van der Waals surface area contributed by atoms with Gasteiger partial charge in [-0.15, -0.1) is 5.10 Å². The number of nitrogens with zero attached hydrogens (tertiary/aromatic N) is 5. The Kier molecular flexibility index (Phi) is 6.39. The first-order chi connectivity index (χ1) is 13.0. The zero-order chi connectivity index (χ0) is 19.2. The fourth-order valence-corrected chi connectivity index (χ4v) is 3.51. The van der Waals surface area contributed by atoms with Crippen molar-refractivity contribution < 1.29 is 4.79 Å². The maximum atomic E-state index is 12.3. The van der Waals surface area contributed by atoms with E-state index in [-0.39, 0.29) is 11.5 Å². The molecule has 8 heteroatoms. The standard InChI is InChI=1S/C19H28N6O2/c1-23(10-11-24(2)19(27)17-8-5-9-18(26)20-17)13-16-14-25(22-21-16)12-15-6-3-4-7-15/h5,8-9,14-15H,3-4,6-7,10-13H2,1-2H3,(H,20,26). The van der Waals surface area contributed by atoms with Crippen LogP contribution in [0.2, 0.25) is 0 Å². The van der Waals surface area contributed by atoms with Gasteiger partial charge in [0, 0.05) is 45.5 Å². The third-order valence-electron chi connectivity index (χ3n) is 5.10. The van der Waals surface area contributed by atoms with Crippen LogP contribution in [0, 0.1) is 5.92 Å². The number of likely N-dealkylation sites (N-methyl/N-ethyl adjacent to an activating group) is 2. The van der Waals surface area contributed by atoms with Gasteiger partial charge in [-0.1, -0.05) is 24.1 Å². The molecule has 0 aliphatic heterocycles. The molecular formula is C19H28N6O2. The van der Waals surface area contributed by atoms with Crippen LogP contribution in [-0.4, -0.2) is 62.9 Å². The third kappa shape index (κ3) is 5.50. The van der Waals surface area contributed by atoms with Gasteiger partial charge in [0.15, 0.2) is 0 Å². The SMILES string of the molecule is CN(CCN(C)C(=O)c1cccc(=O)[nH]1)Cc1cn(CC2CCCC2)nn1. The van der Waals surface area contributed by atoms with Crippen LogP contribution >= 0.6 is 0 Å². The summed E-state index contributed by atoms with van der Waals surface area (Å²) in [6.45, 7) is 2.91. The molecule has 1 aliphatic rings. The minimum absolute atomic E-state index is 0.191. The predicted octanol–water partition coefficient (Wildman–Crippen LogP) is 1.36. The molecule has 8 nitrogen and oxygen atoms in total. The van der Waals surface area contributed by atoms with Crippen LogP contribution in [0.3, 0.4) is 0 Å². The van der Waals surface area contributed by atoms with Crippen LogP contribution in [-0.2, 0) is 13.1 Å². The Labute approximate surface area is 159 Å². The van der Waals surface area contributed by atoms with Crippen molar-refractivity contribution in [3.63, 3.8) is 0 Å². The van der Waals surface area contributed by atoms with E-state index in [0.717, 1.165) is 18.2 Å². The number of hydrogen-bond acceptors (Lipinski definition) is 5. The molecule has 1 fully saturated rings. The molecule has 0 bridgehead atoms. The number of aromatic amines is 1. The zero-order valence-electron chi connectivity index (χ0n) is 16.1. The highest BCUT2D eigenvalue weighted by atomic mass is 16.2. The number of hydrogen-bond donors (Lipinski definition) is 1. The van der Waals surface area contributed by atoms with E-state index < -0.39 is 0 Å². The largest absolute Gasteiger partial charge is 0.339 e. The molecule has 2 aromatic rings. The lowest BCUT2D eigenvalue weighted by Gasteiger charge is -2.21. The van der Waals surface area contributed by atoms with Crippen LogP contribution in [0.4, 0.5) is 0 Å². The summed E-state index contributed by atoms with van der Waals surface area (Å²) in [5.41, 5.74) is 0.978. The van der Waals surface area contributed by atoms with E-state index in [0.29, 0.717) is 25.3 Å². The van der Waals surface area contributed by atoms with Crippen molar-refractivity contribution in [3.8, 4) is 0 Å². The van der Waals surface area contributed by atoms with Gasteiger partial charge in [-0.2, -0.15) is 0 Å². The molecule has 3 rings (SSSR count). The molecule has 1 N–H and O–H groups in total. The van der Waals surface area contributed by atoms with Gasteiger partial charge in [-0.25, -0.2) is 0 Å². The Morgan fingerprint density at radius 1 is 1.26 bits per heavy atom. The highest BCUT2D eigenvalue weighted by Gasteiger charge is 2.17. The molecule has 27 heavy (non-hydrogen) atoms. The second-order valence-corrected chi connectivity index (χ2v) is 7.48. The molecule has 0 atom stereocenters. The molecule has 0 spiro atoms. The van der Waals surface area contributed by atoms with Crippen molar-refractivity contribution in [2.75, 3.05) is 27.2 Å². The summed E-state index contributed by atoms with van der Waals surface area (Å²) >= 11 is 0. The molecule has 146 valence electrons. The fraction of sp³-hybridized carbons (Fsp3) is 0.579. The lowest BCUT2D eigenvalue weighted by atomic mass is 10.1. The average Bonchev–Trinajstić information content (AvgIpc) is 3.31. The van der Waals surface area contributed by atoms with Gasteiger partial charge in [0.05, 0.1) is 5.69 Å². The van der Waals surface area contributed by atoms with Crippen molar-refractivity contribution >= 4 is 5.91 Å². The molecular weight excluding hydrogens is 344 g/mol. The van der Waals surface area contributed by atoms with Crippen LogP contribution < -0.4 is 5.56 Å². The number of nitrogens with one attached hydrogen (secondary N) is 1. The summed E-state index contributed by atoms with van der Waals surface area (Å²) in [5.74, 6) is 0.546. The van der Waals surface area contributed by atoms with Crippen molar-refractivity contribution in [1.82, 2.24) is 29.8 Å². The maximum Gasteiger partial charge on any atom is 0.270 e. The number of carbonyl (C=O) groups excluding carboxylic acids is 1. The van der Waals surface area contributed by atoms with Gasteiger partial charge in [0.1, 0.15) is 5.69 Å². The van der Waals surface area contributed by atoms with E-state index in [2.05, 4.69) is 20.2 Å². The van der Waals surface area contributed by atoms with Crippen LogP contribution in [0.15, 0.2) is 29.2 Å². The summed E-state index contributed by atoms with van der Waals surface area (Å²) in [6.07, 6.45) is 7.28. The molecule has 2 heterocycles. The van der Waals surface area contributed by atoms with Crippen molar-refractivity contribution in [2.45, 2.75) is 38.8 Å². The Bertz CT molecular complexity index is 808. The molecule has 1 aliphatic carbocycles.